The zero-order valence-corrected chi connectivity index (χ0v) is 14.0. The molecule has 2 aromatic rings. The number of H-pyrrole nitrogens is 1. The Hall–Kier alpha value is -1.82. The molecule has 0 fully saturated rings. The molecule has 0 spiro atoms. The number of phosphoric acid groups is 1. The molecule has 13 heteroatoms. The summed E-state index contributed by atoms with van der Waals surface area (Å²) in [5.74, 6) is -0.0163. The third-order valence-corrected chi connectivity index (χ3v) is 3.61. The van der Waals surface area contributed by atoms with Gasteiger partial charge in [-0.3, -0.25) is 18.9 Å². The highest BCUT2D eigenvalue weighted by molar-refractivity contribution is 7.46. The lowest BCUT2D eigenvalue weighted by Crippen LogP contribution is -2.42. The summed E-state index contributed by atoms with van der Waals surface area (Å²) in [4.78, 5) is 35.6. The second-order valence-corrected chi connectivity index (χ2v) is 6.10. The predicted octanol–water partition coefficient (Wildman–Crippen LogP) is -1.77. The largest absolute Gasteiger partial charge is 0.469 e. The summed E-state index contributed by atoms with van der Waals surface area (Å²) < 4.78 is 28.6. The zero-order valence-electron chi connectivity index (χ0n) is 13.1. The number of aromatic nitrogens is 4. The Bertz CT molecular complexity index is 813. The van der Waals surface area contributed by atoms with Crippen molar-refractivity contribution in [1.29, 1.82) is 0 Å². The first-order valence-electron chi connectivity index (χ1n) is 6.80. The van der Waals surface area contributed by atoms with E-state index in [2.05, 4.69) is 14.5 Å². The van der Waals surface area contributed by atoms with Gasteiger partial charge in [0.15, 0.2) is 12.6 Å². The molecule has 1 unspecified atom stereocenters. The summed E-state index contributed by atoms with van der Waals surface area (Å²) in [7, 11) is -1.44. The lowest BCUT2D eigenvalue weighted by Gasteiger charge is -2.15. The average molecular weight is 364 g/mol. The van der Waals surface area contributed by atoms with Crippen molar-refractivity contribution in [3.8, 4) is 0 Å². The summed E-state index contributed by atoms with van der Waals surface area (Å²) in [6.45, 7) is -0.208. The maximum Gasteiger partial charge on any atom is 0.469 e. The molecule has 5 N–H and O–H groups in total. The minimum absolute atomic E-state index is 0.0163. The maximum atomic E-state index is 11.9. The average Bonchev–Trinajstić information content (AvgIpc) is 2.77. The predicted molar refractivity (Wildman–Crippen MR) is 80.7 cm³/mol. The number of ether oxygens (including phenoxy) is 2. The van der Waals surface area contributed by atoms with E-state index in [0.717, 1.165) is 0 Å². The van der Waals surface area contributed by atoms with Crippen LogP contribution in [0.5, 0.6) is 0 Å². The summed E-state index contributed by atoms with van der Waals surface area (Å²) >= 11 is 0. The fraction of sp³-hybridized carbons (Fsp3) is 0.545. The van der Waals surface area contributed by atoms with Gasteiger partial charge in [-0.2, -0.15) is 0 Å². The number of imidazole rings is 1. The molecule has 0 radical (unpaired) electrons. The molecule has 134 valence electrons. The molecular weight excluding hydrogens is 345 g/mol. The number of nitrogens with zero attached hydrogens (tertiary/aromatic N) is 3. The third-order valence-electron chi connectivity index (χ3n) is 3.09. The van der Waals surface area contributed by atoms with Gasteiger partial charge in [-0.15, -0.1) is 0 Å². The molecule has 0 aliphatic carbocycles. The molecule has 0 bridgehead atoms. The number of nitrogens with two attached hydrogens (primary N) is 1. The van der Waals surface area contributed by atoms with Gasteiger partial charge in [0.2, 0.25) is 5.52 Å². The number of hydrogen-bond acceptors (Lipinski definition) is 7. The van der Waals surface area contributed by atoms with Gasteiger partial charge >= 0.3 is 13.5 Å². The number of hydrogen-bond donors (Lipinski definition) is 4. The highest BCUT2D eigenvalue weighted by Crippen LogP contribution is 2.35. The van der Waals surface area contributed by atoms with Crippen molar-refractivity contribution < 1.29 is 32.9 Å². The Morgan fingerprint density at radius 2 is 2.21 bits per heavy atom. The van der Waals surface area contributed by atoms with Crippen LogP contribution >= 0.6 is 7.82 Å². The maximum absolute atomic E-state index is 11.9. The first-order chi connectivity index (χ1) is 11.2. The molecular formula is C11H19N5O7P+. The number of anilines is 1. The fourth-order valence-electron chi connectivity index (χ4n) is 2.14. The van der Waals surface area contributed by atoms with E-state index < -0.39 is 14.1 Å². The fourth-order valence-corrected chi connectivity index (χ4v) is 2.45. The zero-order chi connectivity index (χ0) is 17.9. The monoisotopic (exact) mass is 364 g/mol. The van der Waals surface area contributed by atoms with Gasteiger partial charge in [0.1, 0.15) is 6.54 Å². The minimum atomic E-state index is -4.53. The van der Waals surface area contributed by atoms with Crippen LogP contribution in [0.4, 0.5) is 5.95 Å². The van der Waals surface area contributed by atoms with Crippen molar-refractivity contribution in [3.05, 3.63) is 16.7 Å². The highest BCUT2D eigenvalue weighted by atomic mass is 31.2. The first kappa shape index (κ1) is 18.5. The normalized spacial score (nSPS) is 13.5. The van der Waals surface area contributed by atoms with Crippen molar-refractivity contribution in [1.82, 2.24) is 14.5 Å². The summed E-state index contributed by atoms with van der Waals surface area (Å²) in [6.07, 6.45) is 0.886. The molecule has 0 aromatic carbocycles. The molecule has 0 saturated carbocycles. The Morgan fingerprint density at radius 3 is 2.83 bits per heavy atom. The van der Waals surface area contributed by atoms with Gasteiger partial charge in [-0.05, 0) is 0 Å². The number of fused-ring (bicyclic) bond motifs is 1. The van der Waals surface area contributed by atoms with Gasteiger partial charge in [0, 0.05) is 7.11 Å². The van der Waals surface area contributed by atoms with E-state index in [1.807, 2.05) is 0 Å². The lowest BCUT2D eigenvalue weighted by molar-refractivity contribution is -0.688. The Balaban J connectivity index is 2.10. The number of phosphoric ester groups is 1. The summed E-state index contributed by atoms with van der Waals surface area (Å²) in [6, 6.07) is 0. The van der Waals surface area contributed by atoms with Crippen LogP contribution in [0.3, 0.4) is 0 Å². The van der Waals surface area contributed by atoms with Crippen molar-refractivity contribution in [3.63, 3.8) is 0 Å². The van der Waals surface area contributed by atoms with Crippen LogP contribution in [-0.4, -0.2) is 50.9 Å². The van der Waals surface area contributed by atoms with Crippen LogP contribution < -0.4 is 15.9 Å². The van der Waals surface area contributed by atoms with Crippen molar-refractivity contribution in [2.75, 3.05) is 26.1 Å². The van der Waals surface area contributed by atoms with Crippen LogP contribution in [-0.2, 0) is 32.2 Å². The van der Waals surface area contributed by atoms with Crippen LogP contribution in [0, 0.1) is 0 Å². The summed E-state index contributed by atoms with van der Waals surface area (Å²) in [5.41, 5.74) is 5.89. The van der Waals surface area contributed by atoms with E-state index in [9.17, 15) is 9.36 Å². The number of aromatic amines is 1. The van der Waals surface area contributed by atoms with Crippen molar-refractivity contribution in [2.45, 2.75) is 12.8 Å². The molecule has 2 heterocycles. The van der Waals surface area contributed by atoms with Crippen LogP contribution in [0.15, 0.2) is 11.1 Å². The molecule has 24 heavy (non-hydrogen) atoms. The molecule has 0 saturated heterocycles. The molecule has 2 rings (SSSR count). The van der Waals surface area contributed by atoms with Crippen LogP contribution in [0.2, 0.25) is 0 Å². The van der Waals surface area contributed by atoms with E-state index in [4.69, 9.17) is 25.0 Å². The molecule has 0 aliphatic heterocycles. The van der Waals surface area contributed by atoms with Crippen molar-refractivity contribution >= 4 is 24.9 Å². The van der Waals surface area contributed by atoms with Crippen molar-refractivity contribution in [2.24, 2.45) is 7.05 Å². The van der Waals surface area contributed by atoms with E-state index in [0.29, 0.717) is 11.2 Å². The highest BCUT2D eigenvalue weighted by Gasteiger charge is 2.22. The third kappa shape index (κ3) is 4.60. The number of nitrogens with one attached hydrogen (secondary N) is 1. The van der Waals surface area contributed by atoms with Crippen LogP contribution in [0.25, 0.3) is 11.2 Å². The Kier molecular flexibility index (Phi) is 5.70. The number of aryl methyl sites for hydroxylation is 1. The topological polar surface area (TPSA) is 166 Å². The van der Waals surface area contributed by atoms with E-state index in [1.54, 1.807) is 22.5 Å². The molecule has 12 nitrogen and oxygen atoms in total. The number of nitrogen functional groups attached to an aromatic ring is 1. The molecule has 0 amide bonds. The van der Waals surface area contributed by atoms with Gasteiger partial charge in [0.25, 0.3) is 11.5 Å². The first-order valence-corrected chi connectivity index (χ1v) is 8.33. The second kappa shape index (κ2) is 7.38. The molecule has 1 atom stereocenters. The molecule has 2 aromatic heterocycles. The number of methoxy groups -OCH3 is 1. The SMILES string of the molecule is COC(C[n+]1cn(C)c2c(=O)[nH]c(N)nc21)OCCOP(=O)(O)O. The number of rotatable bonds is 8. The van der Waals surface area contributed by atoms with Gasteiger partial charge < -0.3 is 25.0 Å². The smallest absolute Gasteiger partial charge is 0.355 e. The minimum Gasteiger partial charge on any atom is -0.355 e. The summed E-state index contributed by atoms with van der Waals surface area (Å²) in [5, 5.41) is 0. The molecule has 0 aliphatic rings. The van der Waals surface area contributed by atoms with E-state index in [1.165, 1.54) is 7.11 Å². The van der Waals surface area contributed by atoms with Crippen LogP contribution in [0.1, 0.15) is 0 Å². The quantitative estimate of drug-likeness (QED) is 0.183. The van der Waals surface area contributed by atoms with Gasteiger partial charge in [0.05, 0.1) is 20.3 Å². The second-order valence-electron chi connectivity index (χ2n) is 4.86. The van der Waals surface area contributed by atoms with Gasteiger partial charge in [-0.25, -0.2) is 9.13 Å². The lowest BCUT2D eigenvalue weighted by atomic mass is 10.5. The Labute approximate surface area is 136 Å². The van der Waals surface area contributed by atoms with E-state index in [-0.39, 0.29) is 31.3 Å². The standard InChI is InChI=1S/C11H18N5O7P/c1-15-6-16(9-8(15)10(17)14-11(12)13-9)5-7(21-2)22-3-4-23-24(18,19)20/h6-7H,3-5H2,1-2H3,(H4-,12,13,14,17,18,19,20)/p+1. The van der Waals surface area contributed by atoms with E-state index >= 15 is 0 Å². The Morgan fingerprint density at radius 1 is 1.50 bits per heavy atom. The van der Waals surface area contributed by atoms with Gasteiger partial charge in [-0.1, -0.05) is 4.98 Å².